The van der Waals surface area contributed by atoms with Crippen molar-refractivity contribution in [1.82, 2.24) is 0 Å². The lowest BCUT2D eigenvalue weighted by Gasteiger charge is -2.24. The third-order valence-electron chi connectivity index (χ3n) is 4.19. The number of nitrogens with one attached hydrogen (secondary N) is 1. The zero-order valence-electron chi connectivity index (χ0n) is 13.3. The lowest BCUT2D eigenvalue weighted by atomic mass is 9.84. The highest BCUT2D eigenvalue weighted by atomic mass is 127. The molecule has 1 aromatic carbocycles. The van der Waals surface area contributed by atoms with Crippen LogP contribution in [0.5, 0.6) is 0 Å². The fraction of sp³-hybridized carbons (Fsp3) is 0.562. The lowest BCUT2D eigenvalue weighted by molar-refractivity contribution is 0.131. The summed E-state index contributed by atoms with van der Waals surface area (Å²) in [5, 5.41) is 12.3. The molecule has 0 amide bonds. The molecule has 0 spiro atoms. The smallest absolute Gasteiger partial charge is 0.193 e. The Balaban J connectivity index is 0.00000242. The Morgan fingerprint density at radius 3 is 2.77 bits per heavy atom. The Morgan fingerprint density at radius 1 is 1.41 bits per heavy atom. The summed E-state index contributed by atoms with van der Waals surface area (Å²) in [5.41, 5.74) is 9.31. The number of halogens is 1. The van der Waals surface area contributed by atoms with Gasteiger partial charge in [-0.25, -0.2) is 0 Å². The average Bonchev–Trinajstić information content (AvgIpc) is 2.90. The number of guanidine groups is 1. The van der Waals surface area contributed by atoms with Crippen molar-refractivity contribution in [3.8, 4) is 0 Å². The van der Waals surface area contributed by atoms with Crippen LogP contribution in [0, 0.1) is 19.3 Å². The maximum absolute atomic E-state index is 9.20. The van der Waals surface area contributed by atoms with Crippen molar-refractivity contribution in [2.75, 3.05) is 31.7 Å². The van der Waals surface area contributed by atoms with Crippen LogP contribution in [0.2, 0.25) is 0 Å². The van der Waals surface area contributed by atoms with Crippen molar-refractivity contribution >= 4 is 35.6 Å². The topological polar surface area (TPSA) is 79.9 Å². The van der Waals surface area contributed by atoms with Crippen LogP contribution < -0.4 is 11.1 Å². The van der Waals surface area contributed by atoms with Crippen LogP contribution in [0.15, 0.2) is 23.2 Å². The molecule has 1 aromatic rings. The maximum Gasteiger partial charge on any atom is 0.193 e. The van der Waals surface area contributed by atoms with E-state index in [2.05, 4.69) is 36.3 Å². The molecule has 1 aliphatic heterocycles. The molecule has 0 bridgehead atoms. The van der Waals surface area contributed by atoms with Crippen LogP contribution in [-0.2, 0) is 4.74 Å². The van der Waals surface area contributed by atoms with Gasteiger partial charge in [-0.15, -0.1) is 24.0 Å². The first-order valence-electron chi connectivity index (χ1n) is 7.37. The third kappa shape index (κ3) is 5.10. The van der Waals surface area contributed by atoms with E-state index < -0.39 is 0 Å². The molecule has 5 nitrogen and oxygen atoms in total. The van der Waals surface area contributed by atoms with Gasteiger partial charge in [0.05, 0.1) is 13.2 Å². The summed E-state index contributed by atoms with van der Waals surface area (Å²) >= 11 is 0. The van der Waals surface area contributed by atoms with Crippen LogP contribution in [-0.4, -0.2) is 37.4 Å². The number of hydrogen-bond acceptors (Lipinski definition) is 3. The summed E-state index contributed by atoms with van der Waals surface area (Å²) in [6, 6.07) is 6.11. The Morgan fingerprint density at radius 2 is 2.18 bits per heavy atom. The quantitative estimate of drug-likeness (QED) is 0.389. The summed E-state index contributed by atoms with van der Waals surface area (Å²) in [7, 11) is 0. The lowest BCUT2D eigenvalue weighted by Crippen LogP contribution is -2.30. The van der Waals surface area contributed by atoms with Crippen LogP contribution in [0.25, 0.3) is 0 Å². The van der Waals surface area contributed by atoms with Gasteiger partial charge in [0.25, 0.3) is 0 Å². The molecule has 0 radical (unpaired) electrons. The Bertz CT molecular complexity index is 514. The van der Waals surface area contributed by atoms with Crippen molar-refractivity contribution in [3.05, 3.63) is 29.3 Å². The molecule has 1 unspecified atom stereocenters. The van der Waals surface area contributed by atoms with Gasteiger partial charge in [0.1, 0.15) is 0 Å². The van der Waals surface area contributed by atoms with E-state index in [-0.39, 0.29) is 36.0 Å². The van der Waals surface area contributed by atoms with Crippen molar-refractivity contribution in [3.63, 3.8) is 0 Å². The van der Waals surface area contributed by atoms with E-state index in [9.17, 15) is 5.11 Å². The molecule has 4 N–H and O–H groups in total. The number of nitrogens with zero attached hydrogens (tertiary/aromatic N) is 1. The number of rotatable bonds is 5. The van der Waals surface area contributed by atoms with E-state index in [0.717, 1.165) is 18.7 Å². The fourth-order valence-electron chi connectivity index (χ4n) is 2.55. The second-order valence-corrected chi connectivity index (χ2v) is 5.90. The molecule has 1 heterocycles. The Hall–Kier alpha value is -0.860. The minimum absolute atomic E-state index is 0. The van der Waals surface area contributed by atoms with Gasteiger partial charge in [0.2, 0.25) is 0 Å². The van der Waals surface area contributed by atoms with E-state index in [1.54, 1.807) is 0 Å². The van der Waals surface area contributed by atoms with Gasteiger partial charge in [-0.05, 0) is 49.9 Å². The van der Waals surface area contributed by atoms with Gasteiger partial charge in [0, 0.05) is 24.3 Å². The summed E-state index contributed by atoms with van der Waals surface area (Å²) in [6.07, 6.45) is 1.63. The highest BCUT2D eigenvalue weighted by Crippen LogP contribution is 2.32. The molecule has 1 saturated heterocycles. The van der Waals surface area contributed by atoms with Crippen molar-refractivity contribution in [2.24, 2.45) is 16.1 Å². The summed E-state index contributed by atoms with van der Waals surface area (Å²) < 4.78 is 5.45. The largest absolute Gasteiger partial charge is 0.396 e. The van der Waals surface area contributed by atoms with Crippen LogP contribution in [0.1, 0.15) is 24.0 Å². The molecule has 22 heavy (non-hydrogen) atoms. The normalized spacial score (nSPS) is 21.5. The number of hydrogen-bond donors (Lipinski definition) is 3. The second-order valence-electron chi connectivity index (χ2n) is 5.90. The molecular formula is C16H26IN3O2. The number of aliphatic hydroxyl groups is 1. The van der Waals surface area contributed by atoms with E-state index in [4.69, 9.17) is 10.5 Å². The standard InChI is InChI=1S/C16H25N3O2.HI/c1-12-3-4-14(9-13(12)2)19-15(17)18-10-16(5-7-20)6-8-21-11-16;/h3-4,9,20H,5-8,10-11H2,1-2H3,(H3,17,18,19);1H. The number of aliphatic hydroxyl groups excluding tert-OH is 1. The molecule has 2 rings (SSSR count). The number of nitrogens with two attached hydrogens (primary N) is 1. The van der Waals surface area contributed by atoms with Gasteiger partial charge < -0.3 is 20.9 Å². The molecule has 124 valence electrons. The monoisotopic (exact) mass is 419 g/mol. The van der Waals surface area contributed by atoms with Crippen LogP contribution in [0.3, 0.4) is 0 Å². The minimum atomic E-state index is -0.0652. The highest BCUT2D eigenvalue weighted by Gasteiger charge is 2.34. The molecule has 1 aliphatic rings. The zero-order chi connectivity index (χ0) is 15.3. The molecule has 0 aromatic heterocycles. The van der Waals surface area contributed by atoms with E-state index in [0.29, 0.717) is 25.5 Å². The van der Waals surface area contributed by atoms with E-state index in [1.807, 2.05) is 6.07 Å². The molecule has 0 saturated carbocycles. The van der Waals surface area contributed by atoms with Crippen molar-refractivity contribution in [2.45, 2.75) is 26.7 Å². The van der Waals surface area contributed by atoms with Crippen LogP contribution >= 0.6 is 24.0 Å². The SMILES string of the molecule is Cc1ccc(NC(N)=NCC2(CCO)CCOC2)cc1C.I. The minimum Gasteiger partial charge on any atom is -0.396 e. The molecular weight excluding hydrogens is 393 g/mol. The average molecular weight is 419 g/mol. The van der Waals surface area contributed by atoms with Gasteiger partial charge in [-0.3, -0.25) is 4.99 Å². The molecule has 6 heteroatoms. The Kier molecular flexibility index (Phi) is 7.58. The van der Waals surface area contributed by atoms with Gasteiger partial charge in [-0.2, -0.15) is 0 Å². The molecule has 0 aliphatic carbocycles. The first kappa shape index (κ1) is 19.2. The molecule has 1 fully saturated rings. The number of aryl methyl sites for hydroxylation is 2. The summed E-state index contributed by atoms with van der Waals surface area (Å²) in [4.78, 5) is 4.44. The van der Waals surface area contributed by atoms with Gasteiger partial charge >= 0.3 is 0 Å². The van der Waals surface area contributed by atoms with Gasteiger partial charge in [-0.1, -0.05) is 6.07 Å². The van der Waals surface area contributed by atoms with E-state index in [1.165, 1.54) is 11.1 Å². The highest BCUT2D eigenvalue weighted by molar-refractivity contribution is 14.0. The number of ether oxygens (including phenoxy) is 1. The zero-order valence-corrected chi connectivity index (χ0v) is 15.6. The first-order valence-corrected chi connectivity index (χ1v) is 7.37. The summed E-state index contributed by atoms with van der Waals surface area (Å²) in [6.45, 7) is 6.27. The number of benzene rings is 1. The Labute approximate surface area is 149 Å². The van der Waals surface area contributed by atoms with E-state index >= 15 is 0 Å². The second kappa shape index (κ2) is 8.69. The maximum atomic E-state index is 9.20. The molecule has 1 atom stereocenters. The van der Waals surface area contributed by atoms with Crippen molar-refractivity contribution in [1.29, 1.82) is 0 Å². The van der Waals surface area contributed by atoms with Crippen molar-refractivity contribution < 1.29 is 9.84 Å². The fourth-order valence-corrected chi connectivity index (χ4v) is 2.55. The number of anilines is 1. The van der Waals surface area contributed by atoms with Crippen LogP contribution in [0.4, 0.5) is 5.69 Å². The predicted octanol–water partition coefficient (Wildman–Crippen LogP) is 2.44. The summed E-state index contributed by atoms with van der Waals surface area (Å²) in [5.74, 6) is 0.405. The first-order chi connectivity index (χ1) is 10.0. The van der Waals surface area contributed by atoms with Gasteiger partial charge in [0.15, 0.2) is 5.96 Å². The number of aliphatic imine (C=N–C) groups is 1. The third-order valence-corrected chi connectivity index (χ3v) is 4.19. The predicted molar refractivity (Wildman–Crippen MR) is 101 cm³/mol.